The molecule has 0 aromatic carbocycles. The molecular formula is C15H34N2O2S. The van der Waals surface area contributed by atoms with Crippen molar-refractivity contribution in [1.29, 1.82) is 0 Å². The molecule has 1 atom stereocenters. The molecule has 4 nitrogen and oxygen atoms in total. The van der Waals surface area contributed by atoms with Crippen LogP contribution < -0.4 is 10.0 Å². The maximum absolute atomic E-state index is 11.9. The van der Waals surface area contributed by atoms with Crippen molar-refractivity contribution in [3.8, 4) is 0 Å². The van der Waals surface area contributed by atoms with Crippen LogP contribution in [0.15, 0.2) is 0 Å². The summed E-state index contributed by atoms with van der Waals surface area (Å²) < 4.78 is 26.6. The maximum Gasteiger partial charge on any atom is 0.211 e. The minimum atomic E-state index is -3.09. The Kier molecular flexibility index (Phi) is 11.4. The van der Waals surface area contributed by atoms with Gasteiger partial charge in [-0.1, -0.05) is 47.0 Å². The highest BCUT2D eigenvalue weighted by molar-refractivity contribution is 7.89. The van der Waals surface area contributed by atoms with Crippen LogP contribution in [-0.4, -0.2) is 33.3 Å². The van der Waals surface area contributed by atoms with Gasteiger partial charge < -0.3 is 5.32 Å². The van der Waals surface area contributed by atoms with Crippen LogP contribution in [0.3, 0.4) is 0 Å². The van der Waals surface area contributed by atoms with E-state index < -0.39 is 10.0 Å². The maximum atomic E-state index is 11.9. The minimum Gasteiger partial charge on any atom is -0.315 e. The van der Waals surface area contributed by atoms with Gasteiger partial charge in [-0.15, -0.1) is 0 Å². The predicted molar refractivity (Wildman–Crippen MR) is 87.5 cm³/mol. The van der Waals surface area contributed by atoms with Gasteiger partial charge in [-0.05, 0) is 31.7 Å². The highest BCUT2D eigenvalue weighted by Gasteiger charge is 2.13. The second kappa shape index (κ2) is 11.5. The molecular weight excluding hydrogens is 272 g/mol. The summed E-state index contributed by atoms with van der Waals surface area (Å²) in [4.78, 5) is 0. The Morgan fingerprint density at radius 3 is 2.30 bits per heavy atom. The summed E-state index contributed by atoms with van der Waals surface area (Å²) in [6.45, 7) is 9.98. The summed E-state index contributed by atoms with van der Waals surface area (Å²) in [7, 11) is -3.09. The van der Waals surface area contributed by atoms with E-state index in [1.54, 1.807) is 0 Å². The fourth-order valence-corrected chi connectivity index (χ4v) is 3.29. The normalized spacial score (nSPS) is 13.8. The summed E-state index contributed by atoms with van der Waals surface area (Å²) in [5.41, 5.74) is 0. The first-order chi connectivity index (χ1) is 9.41. The summed E-state index contributed by atoms with van der Waals surface area (Å²) in [6.07, 6.45) is 6.15. The first-order valence-electron chi connectivity index (χ1n) is 8.12. The molecule has 0 fully saturated rings. The zero-order valence-corrected chi connectivity index (χ0v) is 14.6. The van der Waals surface area contributed by atoms with Crippen molar-refractivity contribution in [3.05, 3.63) is 0 Å². The highest BCUT2D eigenvalue weighted by Crippen LogP contribution is 2.11. The lowest BCUT2D eigenvalue weighted by atomic mass is 10.00. The number of hydrogen-bond acceptors (Lipinski definition) is 3. The van der Waals surface area contributed by atoms with Gasteiger partial charge in [0.15, 0.2) is 0 Å². The van der Waals surface area contributed by atoms with E-state index in [0.717, 1.165) is 32.2 Å². The average Bonchev–Trinajstić information content (AvgIpc) is 2.38. The smallest absolute Gasteiger partial charge is 0.211 e. The monoisotopic (exact) mass is 306 g/mol. The Morgan fingerprint density at radius 1 is 1.05 bits per heavy atom. The van der Waals surface area contributed by atoms with Crippen LogP contribution in [0, 0.1) is 5.92 Å². The van der Waals surface area contributed by atoms with Gasteiger partial charge >= 0.3 is 0 Å². The lowest BCUT2D eigenvalue weighted by Crippen LogP contribution is -2.31. The van der Waals surface area contributed by atoms with Crippen molar-refractivity contribution >= 4 is 10.0 Å². The predicted octanol–water partition coefficient (Wildman–Crippen LogP) is 2.90. The highest BCUT2D eigenvalue weighted by atomic mass is 32.2. The molecule has 0 aromatic rings. The number of nitrogens with one attached hydrogen (secondary N) is 2. The molecule has 0 aliphatic heterocycles. The number of rotatable bonds is 13. The topological polar surface area (TPSA) is 58.2 Å². The van der Waals surface area contributed by atoms with Gasteiger partial charge in [0.1, 0.15) is 0 Å². The Balaban J connectivity index is 3.82. The SMILES string of the molecule is CCCCC(CC)CNS(=O)(=O)CCCCNC(C)C. The minimum absolute atomic E-state index is 0.247. The molecule has 0 bridgehead atoms. The second-order valence-corrected chi connectivity index (χ2v) is 7.83. The lowest BCUT2D eigenvalue weighted by molar-refractivity contribution is 0.443. The van der Waals surface area contributed by atoms with Crippen LogP contribution in [-0.2, 0) is 10.0 Å². The molecule has 0 radical (unpaired) electrons. The van der Waals surface area contributed by atoms with Crippen LogP contribution in [0.4, 0.5) is 0 Å². The van der Waals surface area contributed by atoms with Crippen molar-refractivity contribution in [2.75, 3.05) is 18.8 Å². The lowest BCUT2D eigenvalue weighted by Gasteiger charge is -2.15. The Hall–Kier alpha value is -0.130. The quantitative estimate of drug-likeness (QED) is 0.514. The van der Waals surface area contributed by atoms with E-state index in [1.165, 1.54) is 12.8 Å². The summed E-state index contributed by atoms with van der Waals surface area (Å²) in [5, 5.41) is 3.30. The molecule has 2 N–H and O–H groups in total. The molecule has 20 heavy (non-hydrogen) atoms. The van der Waals surface area contributed by atoms with Gasteiger partial charge in [0.05, 0.1) is 5.75 Å². The first kappa shape index (κ1) is 19.9. The molecule has 0 spiro atoms. The van der Waals surface area contributed by atoms with Crippen LogP contribution in [0.5, 0.6) is 0 Å². The Labute approximate surface area is 126 Å². The fourth-order valence-electron chi connectivity index (χ4n) is 2.07. The van der Waals surface area contributed by atoms with Crippen LogP contribution >= 0.6 is 0 Å². The zero-order chi connectivity index (χ0) is 15.4. The molecule has 0 aliphatic rings. The van der Waals surface area contributed by atoms with Gasteiger partial charge in [0.2, 0.25) is 10.0 Å². The van der Waals surface area contributed by atoms with E-state index in [4.69, 9.17) is 0 Å². The van der Waals surface area contributed by atoms with E-state index in [0.29, 0.717) is 18.5 Å². The number of sulfonamides is 1. The summed E-state index contributed by atoms with van der Waals surface area (Å²) >= 11 is 0. The zero-order valence-electron chi connectivity index (χ0n) is 13.7. The fraction of sp³-hybridized carbons (Fsp3) is 1.00. The second-order valence-electron chi connectivity index (χ2n) is 5.90. The standard InChI is InChI=1S/C15H34N2O2S/c1-5-7-10-15(6-2)13-17-20(18,19)12-9-8-11-16-14(3)4/h14-17H,5-13H2,1-4H3. The third-order valence-corrected chi connectivity index (χ3v) is 4.96. The molecule has 0 aromatic heterocycles. The Bertz CT molecular complexity index is 316. The van der Waals surface area contributed by atoms with Gasteiger partial charge in [-0.2, -0.15) is 0 Å². The number of hydrogen-bond donors (Lipinski definition) is 2. The van der Waals surface area contributed by atoms with Gasteiger partial charge in [-0.3, -0.25) is 0 Å². The number of unbranched alkanes of at least 4 members (excludes halogenated alkanes) is 2. The first-order valence-corrected chi connectivity index (χ1v) is 9.77. The molecule has 0 saturated carbocycles. The largest absolute Gasteiger partial charge is 0.315 e. The van der Waals surface area contributed by atoms with Crippen molar-refractivity contribution < 1.29 is 8.42 Å². The molecule has 0 amide bonds. The van der Waals surface area contributed by atoms with Crippen LogP contribution in [0.2, 0.25) is 0 Å². The molecule has 0 heterocycles. The van der Waals surface area contributed by atoms with Crippen molar-refractivity contribution in [2.24, 2.45) is 5.92 Å². The third kappa shape index (κ3) is 11.7. The summed E-state index contributed by atoms with van der Waals surface area (Å²) in [6, 6.07) is 0.466. The molecule has 0 rings (SSSR count). The Morgan fingerprint density at radius 2 is 1.75 bits per heavy atom. The van der Waals surface area contributed by atoms with Crippen LogP contribution in [0.25, 0.3) is 0 Å². The van der Waals surface area contributed by atoms with Crippen molar-refractivity contribution in [3.63, 3.8) is 0 Å². The van der Waals surface area contributed by atoms with Gasteiger partial charge in [0, 0.05) is 12.6 Å². The van der Waals surface area contributed by atoms with Crippen LogP contribution in [0.1, 0.15) is 66.2 Å². The molecule has 0 saturated heterocycles. The van der Waals surface area contributed by atoms with E-state index in [1.807, 2.05) is 0 Å². The van der Waals surface area contributed by atoms with Gasteiger partial charge in [-0.25, -0.2) is 13.1 Å². The van der Waals surface area contributed by atoms with E-state index in [2.05, 4.69) is 37.7 Å². The van der Waals surface area contributed by atoms with E-state index in [-0.39, 0.29) is 5.75 Å². The third-order valence-electron chi connectivity index (χ3n) is 3.53. The van der Waals surface area contributed by atoms with Crippen molar-refractivity contribution in [2.45, 2.75) is 72.3 Å². The molecule has 0 aliphatic carbocycles. The molecule has 5 heteroatoms. The average molecular weight is 307 g/mol. The van der Waals surface area contributed by atoms with Gasteiger partial charge in [0.25, 0.3) is 0 Å². The summed E-state index contributed by atoms with van der Waals surface area (Å²) in [5.74, 6) is 0.726. The van der Waals surface area contributed by atoms with Crippen molar-refractivity contribution in [1.82, 2.24) is 10.0 Å². The van der Waals surface area contributed by atoms with E-state index in [9.17, 15) is 8.42 Å². The molecule has 1 unspecified atom stereocenters. The van der Waals surface area contributed by atoms with E-state index >= 15 is 0 Å². The molecule has 122 valence electrons.